The van der Waals surface area contributed by atoms with Gasteiger partial charge in [0.25, 0.3) is 0 Å². The van der Waals surface area contributed by atoms with Crippen LogP contribution in [-0.4, -0.2) is 19.1 Å². The predicted octanol–water partition coefficient (Wildman–Crippen LogP) is 3.50. The Labute approximate surface area is 147 Å². The van der Waals surface area contributed by atoms with E-state index in [0.29, 0.717) is 18.5 Å². The Morgan fingerprint density at radius 1 is 1.28 bits per heavy atom. The highest BCUT2D eigenvalue weighted by Gasteiger charge is 2.17. The van der Waals surface area contributed by atoms with E-state index in [9.17, 15) is 9.18 Å². The number of halogens is 1. The highest BCUT2D eigenvalue weighted by molar-refractivity contribution is 5.91. The third kappa shape index (κ3) is 4.17. The Morgan fingerprint density at radius 2 is 2.12 bits per heavy atom. The molecule has 0 aliphatic carbocycles. The minimum Gasteiger partial charge on any atom is -0.493 e. The van der Waals surface area contributed by atoms with Crippen LogP contribution in [0.5, 0.6) is 5.75 Å². The van der Waals surface area contributed by atoms with E-state index in [4.69, 9.17) is 4.74 Å². The molecule has 0 saturated heterocycles. The smallest absolute Gasteiger partial charge is 0.227 e. The van der Waals surface area contributed by atoms with Gasteiger partial charge < -0.3 is 15.4 Å². The number of fused-ring (bicyclic) bond motifs is 1. The topological polar surface area (TPSA) is 50.4 Å². The number of benzene rings is 2. The van der Waals surface area contributed by atoms with Crippen molar-refractivity contribution < 1.29 is 13.9 Å². The molecule has 2 aromatic rings. The first-order chi connectivity index (χ1) is 12.0. The molecule has 0 saturated carbocycles. The van der Waals surface area contributed by atoms with Crippen LogP contribution in [0.15, 0.2) is 30.3 Å². The van der Waals surface area contributed by atoms with Crippen LogP contribution in [-0.2, 0) is 17.8 Å². The maximum absolute atomic E-state index is 14.5. The first-order valence-electron chi connectivity index (χ1n) is 8.55. The Bertz CT molecular complexity index is 790. The van der Waals surface area contributed by atoms with Gasteiger partial charge in [0.15, 0.2) is 0 Å². The van der Waals surface area contributed by atoms with Crippen LogP contribution in [0.4, 0.5) is 10.1 Å². The lowest BCUT2D eigenvalue weighted by atomic mass is 9.99. The predicted molar refractivity (Wildman–Crippen MR) is 96.5 cm³/mol. The van der Waals surface area contributed by atoms with Crippen molar-refractivity contribution in [3.63, 3.8) is 0 Å². The van der Waals surface area contributed by atoms with Gasteiger partial charge in [0, 0.05) is 6.54 Å². The lowest BCUT2D eigenvalue weighted by Gasteiger charge is -2.19. The maximum Gasteiger partial charge on any atom is 0.227 e. The van der Waals surface area contributed by atoms with Crippen LogP contribution in [0.3, 0.4) is 0 Å². The van der Waals surface area contributed by atoms with Gasteiger partial charge in [0.1, 0.15) is 11.6 Å². The summed E-state index contributed by atoms with van der Waals surface area (Å²) in [5, 5.41) is 5.87. The van der Waals surface area contributed by atoms with Crippen molar-refractivity contribution in [2.45, 2.75) is 33.2 Å². The normalized spacial score (nSPS) is 13.2. The summed E-state index contributed by atoms with van der Waals surface area (Å²) in [6.45, 7) is 5.68. The Kier molecular flexibility index (Phi) is 5.34. The monoisotopic (exact) mass is 342 g/mol. The number of anilines is 1. The fourth-order valence-electron chi connectivity index (χ4n) is 3.06. The molecule has 0 unspecified atom stereocenters. The molecule has 1 aliphatic heterocycles. The quantitative estimate of drug-likeness (QED) is 0.874. The Balaban J connectivity index is 1.56. The second-order valence-electron chi connectivity index (χ2n) is 6.41. The molecule has 0 bridgehead atoms. The summed E-state index contributed by atoms with van der Waals surface area (Å²) >= 11 is 0. The van der Waals surface area contributed by atoms with Crippen LogP contribution >= 0.6 is 0 Å². The van der Waals surface area contributed by atoms with Crippen LogP contribution in [0, 0.1) is 19.7 Å². The second-order valence-corrected chi connectivity index (χ2v) is 6.41. The summed E-state index contributed by atoms with van der Waals surface area (Å²) in [6.07, 6.45) is 0.812. The van der Waals surface area contributed by atoms with Gasteiger partial charge in [-0.1, -0.05) is 23.8 Å². The molecule has 0 fully saturated rings. The van der Waals surface area contributed by atoms with E-state index in [0.717, 1.165) is 23.4 Å². The number of rotatable bonds is 5. The van der Waals surface area contributed by atoms with E-state index in [1.54, 1.807) is 6.07 Å². The molecule has 132 valence electrons. The van der Waals surface area contributed by atoms with Crippen molar-refractivity contribution in [3.05, 3.63) is 58.4 Å². The second kappa shape index (κ2) is 7.66. The Hall–Kier alpha value is -2.40. The first-order valence-corrected chi connectivity index (χ1v) is 8.55. The van der Waals surface area contributed by atoms with E-state index >= 15 is 0 Å². The number of hydrogen-bond acceptors (Lipinski definition) is 3. The first kappa shape index (κ1) is 17.4. The molecular formula is C20H23FN2O2. The molecule has 5 heteroatoms. The average molecular weight is 342 g/mol. The van der Waals surface area contributed by atoms with Gasteiger partial charge in [0.05, 0.1) is 18.7 Å². The molecule has 1 amide bonds. The minimum atomic E-state index is -0.317. The average Bonchev–Trinajstić information content (AvgIpc) is 2.59. The molecule has 0 aromatic heterocycles. The number of hydrogen-bond donors (Lipinski definition) is 2. The van der Waals surface area contributed by atoms with Crippen LogP contribution in [0.1, 0.15) is 28.7 Å². The molecule has 25 heavy (non-hydrogen) atoms. The summed E-state index contributed by atoms with van der Waals surface area (Å²) < 4.78 is 20.2. The molecule has 3 rings (SSSR count). The lowest BCUT2D eigenvalue weighted by molar-refractivity contribution is -0.116. The zero-order valence-corrected chi connectivity index (χ0v) is 14.6. The van der Waals surface area contributed by atoms with Gasteiger partial charge in [-0.3, -0.25) is 4.79 Å². The number of ether oxygens (including phenoxy) is 1. The maximum atomic E-state index is 14.5. The number of aryl methyl sites for hydroxylation is 2. The van der Waals surface area contributed by atoms with Crippen molar-refractivity contribution in [1.82, 2.24) is 5.32 Å². The fraction of sp³-hybridized carbons (Fsp3) is 0.350. The number of carbonyl (C=O) groups is 1. The highest BCUT2D eigenvalue weighted by Crippen LogP contribution is 2.24. The van der Waals surface area contributed by atoms with Gasteiger partial charge >= 0.3 is 0 Å². The molecular weight excluding hydrogens is 319 g/mol. The van der Waals surface area contributed by atoms with Crippen molar-refractivity contribution in [3.8, 4) is 5.75 Å². The van der Waals surface area contributed by atoms with Gasteiger partial charge in [-0.05, 0) is 55.6 Å². The number of amides is 1. The van der Waals surface area contributed by atoms with Crippen LogP contribution in [0.25, 0.3) is 0 Å². The summed E-state index contributed by atoms with van der Waals surface area (Å²) in [6, 6.07) is 9.41. The van der Waals surface area contributed by atoms with Crippen molar-refractivity contribution in [2.24, 2.45) is 0 Å². The van der Waals surface area contributed by atoms with Gasteiger partial charge in [-0.25, -0.2) is 4.39 Å². The summed E-state index contributed by atoms with van der Waals surface area (Å²) in [4.78, 5) is 12.1. The molecule has 1 heterocycles. The Morgan fingerprint density at radius 3 is 2.92 bits per heavy atom. The third-order valence-corrected chi connectivity index (χ3v) is 4.40. The molecule has 0 atom stereocenters. The molecule has 2 N–H and O–H groups in total. The van der Waals surface area contributed by atoms with E-state index in [1.165, 1.54) is 5.56 Å². The summed E-state index contributed by atoms with van der Waals surface area (Å²) in [7, 11) is 0. The van der Waals surface area contributed by atoms with E-state index in [2.05, 4.69) is 10.6 Å². The van der Waals surface area contributed by atoms with Gasteiger partial charge in [0.2, 0.25) is 5.91 Å². The van der Waals surface area contributed by atoms with Crippen LogP contribution < -0.4 is 15.4 Å². The van der Waals surface area contributed by atoms with Gasteiger partial charge in [-0.2, -0.15) is 0 Å². The van der Waals surface area contributed by atoms with E-state index in [1.807, 2.05) is 38.1 Å². The minimum absolute atomic E-state index is 0.172. The fourth-order valence-corrected chi connectivity index (χ4v) is 3.06. The molecule has 0 spiro atoms. The number of nitrogens with one attached hydrogen (secondary N) is 2. The lowest BCUT2D eigenvalue weighted by Crippen LogP contribution is -2.25. The molecule has 4 nitrogen and oxygen atoms in total. The zero-order valence-electron chi connectivity index (χ0n) is 14.6. The molecule has 0 radical (unpaired) electrons. The largest absolute Gasteiger partial charge is 0.493 e. The zero-order chi connectivity index (χ0) is 17.8. The van der Waals surface area contributed by atoms with E-state index in [-0.39, 0.29) is 30.4 Å². The third-order valence-electron chi connectivity index (χ3n) is 4.40. The van der Waals surface area contributed by atoms with Crippen molar-refractivity contribution >= 4 is 11.6 Å². The molecule has 2 aromatic carbocycles. The van der Waals surface area contributed by atoms with E-state index < -0.39 is 0 Å². The van der Waals surface area contributed by atoms with Crippen LogP contribution in [0.2, 0.25) is 0 Å². The molecule has 1 aliphatic rings. The van der Waals surface area contributed by atoms with Gasteiger partial charge in [-0.15, -0.1) is 0 Å². The standard InChI is InChI=1S/C20H23FN2O2/c1-13-3-6-18(14(2)11-13)25-10-8-19(24)23-17-5-4-15-12-22-9-7-16(15)20(17)21/h3-6,11,22H,7-10,12H2,1-2H3,(H,23,24). The summed E-state index contributed by atoms with van der Waals surface area (Å²) in [5.41, 5.74) is 4.11. The SMILES string of the molecule is Cc1ccc(OCCC(=O)Nc2ccc3c(c2F)CCNC3)c(C)c1. The number of carbonyl (C=O) groups excluding carboxylic acids is 1. The summed E-state index contributed by atoms with van der Waals surface area (Å²) in [5.74, 6) is 0.200. The van der Waals surface area contributed by atoms with Crippen molar-refractivity contribution in [2.75, 3.05) is 18.5 Å². The highest BCUT2D eigenvalue weighted by atomic mass is 19.1. The van der Waals surface area contributed by atoms with Crippen molar-refractivity contribution in [1.29, 1.82) is 0 Å².